The first-order chi connectivity index (χ1) is 11.1. The summed E-state index contributed by atoms with van der Waals surface area (Å²) in [7, 11) is 0. The number of benzene rings is 1. The highest BCUT2D eigenvalue weighted by molar-refractivity contribution is 7.09. The van der Waals surface area contributed by atoms with Crippen molar-refractivity contribution in [1.29, 1.82) is 0 Å². The molecule has 0 aliphatic rings. The van der Waals surface area contributed by atoms with Crippen molar-refractivity contribution in [2.24, 2.45) is 0 Å². The van der Waals surface area contributed by atoms with Gasteiger partial charge in [0, 0.05) is 5.38 Å². The van der Waals surface area contributed by atoms with Crippen molar-refractivity contribution in [3.63, 3.8) is 0 Å². The molecule has 0 aliphatic carbocycles. The molecule has 1 heterocycles. The second-order valence-corrected chi connectivity index (χ2v) is 5.54. The van der Waals surface area contributed by atoms with Crippen molar-refractivity contribution in [2.45, 2.75) is 12.5 Å². The summed E-state index contributed by atoms with van der Waals surface area (Å²) >= 11 is 1.19. The van der Waals surface area contributed by atoms with Crippen molar-refractivity contribution < 1.29 is 19.4 Å². The lowest BCUT2D eigenvalue weighted by Gasteiger charge is -2.16. The van der Waals surface area contributed by atoms with Gasteiger partial charge in [-0.15, -0.1) is 11.3 Å². The third kappa shape index (κ3) is 4.93. The summed E-state index contributed by atoms with van der Waals surface area (Å²) in [4.78, 5) is 26.8. The van der Waals surface area contributed by atoms with E-state index in [4.69, 9.17) is 9.84 Å². The zero-order chi connectivity index (χ0) is 16.7. The number of nitrogens with zero attached hydrogens (tertiary/aromatic N) is 1. The molecule has 7 heteroatoms. The quantitative estimate of drug-likeness (QED) is 0.761. The molecular formula is C16H16N2O4S. The zero-order valence-corrected chi connectivity index (χ0v) is 13.1. The molecule has 6 nitrogen and oxygen atoms in total. The SMILES string of the molecule is C=CCOC(=O)N[C@@H](Cc1ccccc1)c1nc(C(=O)O)cs1. The first-order valence-corrected chi connectivity index (χ1v) is 7.75. The lowest BCUT2D eigenvalue weighted by atomic mass is 10.1. The Kier molecular flexibility index (Phi) is 5.87. The number of hydrogen-bond donors (Lipinski definition) is 2. The van der Waals surface area contributed by atoms with Gasteiger partial charge in [0.2, 0.25) is 0 Å². The van der Waals surface area contributed by atoms with E-state index in [2.05, 4.69) is 16.9 Å². The Balaban J connectivity index is 2.17. The maximum absolute atomic E-state index is 11.8. The zero-order valence-electron chi connectivity index (χ0n) is 12.3. The molecule has 0 aliphatic heterocycles. The molecule has 0 radical (unpaired) electrons. The van der Waals surface area contributed by atoms with Crippen LogP contribution in [0.25, 0.3) is 0 Å². The van der Waals surface area contributed by atoms with Gasteiger partial charge in [-0.25, -0.2) is 14.6 Å². The first-order valence-electron chi connectivity index (χ1n) is 6.87. The standard InChI is InChI=1S/C16H16N2O4S/c1-2-8-22-16(21)18-12(9-11-6-4-3-5-7-11)14-17-13(10-23-14)15(19)20/h2-7,10,12H,1,8-9H2,(H,18,21)(H,19,20)/t12-/m0/s1. The highest BCUT2D eigenvalue weighted by atomic mass is 32.1. The molecule has 0 unspecified atom stereocenters. The van der Waals surface area contributed by atoms with Crippen LogP contribution in [0, 0.1) is 0 Å². The Labute approximate surface area is 137 Å². The van der Waals surface area contributed by atoms with E-state index >= 15 is 0 Å². The van der Waals surface area contributed by atoms with Gasteiger partial charge >= 0.3 is 12.1 Å². The molecule has 1 aromatic carbocycles. The number of alkyl carbamates (subject to hydrolysis) is 1. The number of rotatable bonds is 7. The van der Waals surface area contributed by atoms with Gasteiger partial charge in [-0.3, -0.25) is 0 Å². The fourth-order valence-electron chi connectivity index (χ4n) is 1.91. The number of aromatic carboxylic acids is 1. The van der Waals surface area contributed by atoms with E-state index in [0.29, 0.717) is 11.4 Å². The monoisotopic (exact) mass is 332 g/mol. The molecule has 1 atom stereocenters. The number of carboxylic acids is 1. The van der Waals surface area contributed by atoms with Gasteiger partial charge in [-0.05, 0) is 12.0 Å². The average molecular weight is 332 g/mol. The summed E-state index contributed by atoms with van der Waals surface area (Å²) in [6.07, 6.45) is 1.35. The van der Waals surface area contributed by atoms with E-state index in [1.807, 2.05) is 30.3 Å². The van der Waals surface area contributed by atoms with E-state index in [9.17, 15) is 9.59 Å². The fourth-order valence-corrected chi connectivity index (χ4v) is 2.76. The van der Waals surface area contributed by atoms with Gasteiger partial charge in [-0.1, -0.05) is 43.0 Å². The maximum atomic E-state index is 11.8. The number of amides is 1. The normalized spacial score (nSPS) is 11.5. The molecule has 120 valence electrons. The second kappa shape index (κ2) is 8.09. The Morgan fingerprint density at radius 3 is 2.74 bits per heavy atom. The summed E-state index contributed by atoms with van der Waals surface area (Å²) in [5.41, 5.74) is 0.956. The minimum Gasteiger partial charge on any atom is -0.476 e. The van der Waals surface area contributed by atoms with Crippen molar-refractivity contribution in [3.05, 3.63) is 64.6 Å². The molecule has 0 fully saturated rings. The summed E-state index contributed by atoms with van der Waals surface area (Å²) < 4.78 is 4.93. The third-order valence-electron chi connectivity index (χ3n) is 2.95. The van der Waals surface area contributed by atoms with Crippen LogP contribution in [0.5, 0.6) is 0 Å². The summed E-state index contributed by atoms with van der Waals surface area (Å²) in [5, 5.41) is 13.7. The van der Waals surface area contributed by atoms with Crippen LogP contribution in [0.2, 0.25) is 0 Å². The molecule has 0 spiro atoms. The van der Waals surface area contributed by atoms with E-state index in [1.54, 1.807) is 0 Å². The van der Waals surface area contributed by atoms with Gasteiger partial charge in [0.05, 0.1) is 6.04 Å². The fraction of sp³-hybridized carbons (Fsp3) is 0.188. The molecule has 0 saturated heterocycles. The van der Waals surface area contributed by atoms with Crippen molar-refractivity contribution in [3.8, 4) is 0 Å². The predicted octanol–water partition coefficient (Wildman–Crippen LogP) is 3.04. The Morgan fingerprint density at radius 1 is 1.39 bits per heavy atom. The minimum atomic E-state index is -1.10. The van der Waals surface area contributed by atoms with Crippen LogP contribution in [-0.2, 0) is 11.2 Å². The number of carbonyl (C=O) groups excluding carboxylic acids is 1. The Morgan fingerprint density at radius 2 is 2.13 bits per heavy atom. The number of nitrogens with one attached hydrogen (secondary N) is 1. The molecule has 2 N–H and O–H groups in total. The van der Waals surface area contributed by atoms with Crippen LogP contribution in [0.15, 0.2) is 48.4 Å². The molecule has 1 amide bonds. The number of aromatic nitrogens is 1. The number of ether oxygens (including phenoxy) is 1. The van der Waals surface area contributed by atoms with Crippen molar-refractivity contribution in [2.75, 3.05) is 6.61 Å². The van der Waals surface area contributed by atoms with Gasteiger partial charge in [0.1, 0.15) is 11.6 Å². The third-order valence-corrected chi connectivity index (χ3v) is 3.90. The maximum Gasteiger partial charge on any atom is 0.408 e. The molecule has 2 rings (SSSR count). The minimum absolute atomic E-state index is 0.0377. The average Bonchev–Trinajstić information content (AvgIpc) is 3.03. The first kappa shape index (κ1) is 16.7. The molecule has 1 aromatic heterocycles. The number of thiazole rings is 1. The number of carboxylic acid groups (broad SMARTS) is 1. The van der Waals surface area contributed by atoms with Crippen LogP contribution in [0.3, 0.4) is 0 Å². The molecular weight excluding hydrogens is 316 g/mol. The smallest absolute Gasteiger partial charge is 0.408 e. The summed E-state index contributed by atoms with van der Waals surface area (Å²) in [5.74, 6) is -1.10. The largest absolute Gasteiger partial charge is 0.476 e. The summed E-state index contributed by atoms with van der Waals surface area (Å²) in [6.45, 7) is 3.58. The number of hydrogen-bond acceptors (Lipinski definition) is 5. The van der Waals surface area contributed by atoms with Crippen LogP contribution < -0.4 is 5.32 Å². The molecule has 0 bridgehead atoms. The van der Waals surface area contributed by atoms with E-state index < -0.39 is 18.1 Å². The molecule has 23 heavy (non-hydrogen) atoms. The number of carbonyl (C=O) groups is 2. The highest BCUT2D eigenvalue weighted by Crippen LogP contribution is 2.22. The van der Waals surface area contributed by atoms with E-state index in [1.165, 1.54) is 22.8 Å². The lowest BCUT2D eigenvalue weighted by Crippen LogP contribution is -2.30. The Bertz CT molecular complexity index is 684. The predicted molar refractivity (Wildman–Crippen MR) is 86.6 cm³/mol. The van der Waals surface area contributed by atoms with Crippen molar-refractivity contribution >= 4 is 23.4 Å². The van der Waals surface area contributed by atoms with Crippen molar-refractivity contribution in [1.82, 2.24) is 10.3 Å². The topological polar surface area (TPSA) is 88.5 Å². The Hall–Kier alpha value is -2.67. The van der Waals surface area contributed by atoms with E-state index in [0.717, 1.165) is 5.56 Å². The van der Waals surface area contributed by atoms with Crippen LogP contribution in [0.4, 0.5) is 4.79 Å². The van der Waals surface area contributed by atoms with Gasteiger partial charge < -0.3 is 15.2 Å². The second-order valence-electron chi connectivity index (χ2n) is 4.65. The molecule has 2 aromatic rings. The van der Waals surface area contributed by atoms with Gasteiger partial charge in [0.25, 0.3) is 0 Å². The van der Waals surface area contributed by atoms with Crippen LogP contribution in [0.1, 0.15) is 27.1 Å². The highest BCUT2D eigenvalue weighted by Gasteiger charge is 2.21. The van der Waals surface area contributed by atoms with Crippen LogP contribution >= 0.6 is 11.3 Å². The van der Waals surface area contributed by atoms with Crippen LogP contribution in [-0.4, -0.2) is 28.8 Å². The van der Waals surface area contributed by atoms with Gasteiger partial charge in [0.15, 0.2) is 5.69 Å². The summed E-state index contributed by atoms with van der Waals surface area (Å²) in [6, 6.07) is 9.08. The lowest BCUT2D eigenvalue weighted by molar-refractivity contribution is 0.0691. The molecule has 0 saturated carbocycles. The van der Waals surface area contributed by atoms with Gasteiger partial charge in [-0.2, -0.15) is 0 Å². The van der Waals surface area contributed by atoms with E-state index in [-0.39, 0.29) is 12.3 Å².